The van der Waals surface area contributed by atoms with Crippen molar-refractivity contribution in [3.63, 3.8) is 0 Å². The molecule has 0 aliphatic carbocycles. The molecule has 0 bridgehead atoms. The van der Waals surface area contributed by atoms with Crippen LogP contribution in [0.4, 0.5) is 11.5 Å². The molecule has 0 amide bonds. The third-order valence-electron chi connectivity index (χ3n) is 3.20. The predicted octanol–water partition coefficient (Wildman–Crippen LogP) is 1.96. The molecule has 1 aromatic rings. The van der Waals surface area contributed by atoms with Gasteiger partial charge in [0.2, 0.25) is 5.82 Å². The molecular formula is C11H15ClN4O2. The Hall–Kier alpha value is -1.40. The van der Waals surface area contributed by atoms with Crippen molar-refractivity contribution in [2.24, 2.45) is 5.73 Å². The van der Waals surface area contributed by atoms with Crippen LogP contribution in [0.2, 0.25) is 5.02 Å². The van der Waals surface area contributed by atoms with Crippen LogP contribution in [0, 0.1) is 10.1 Å². The summed E-state index contributed by atoms with van der Waals surface area (Å²) < 4.78 is 0. The zero-order valence-corrected chi connectivity index (χ0v) is 10.8. The Morgan fingerprint density at radius 2 is 2.39 bits per heavy atom. The summed E-state index contributed by atoms with van der Waals surface area (Å²) in [5, 5.41) is 11.3. The van der Waals surface area contributed by atoms with Crippen LogP contribution in [0.25, 0.3) is 0 Å². The SMILES string of the molecule is CC1CC(N)CCN1c1ncc(Cl)cc1[N+](=O)[O-]. The lowest BCUT2D eigenvalue weighted by atomic mass is 9.99. The molecule has 2 rings (SSSR count). The number of pyridine rings is 1. The number of hydrogen-bond acceptors (Lipinski definition) is 5. The smallest absolute Gasteiger partial charge is 0.313 e. The number of rotatable bonds is 2. The Kier molecular flexibility index (Phi) is 3.68. The van der Waals surface area contributed by atoms with E-state index in [1.165, 1.54) is 12.3 Å². The van der Waals surface area contributed by atoms with Gasteiger partial charge in [0.1, 0.15) is 0 Å². The summed E-state index contributed by atoms with van der Waals surface area (Å²) in [6, 6.07) is 1.63. The van der Waals surface area contributed by atoms with E-state index in [2.05, 4.69) is 4.98 Å². The summed E-state index contributed by atoms with van der Waals surface area (Å²) in [7, 11) is 0. The number of nitrogens with zero attached hydrogens (tertiary/aromatic N) is 3. The van der Waals surface area contributed by atoms with E-state index in [1.54, 1.807) is 0 Å². The topological polar surface area (TPSA) is 85.3 Å². The minimum absolute atomic E-state index is 0.0511. The third kappa shape index (κ3) is 2.54. The van der Waals surface area contributed by atoms with Crippen LogP contribution >= 0.6 is 11.6 Å². The van der Waals surface area contributed by atoms with Gasteiger partial charge in [-0.1, -0.05) is 11.6 Å². The van der Waals surface area contributed by atoms with Crippen LogP contribution in [0.15, 0.2) is 12.3 Å². The van der Waals surface area contributed by atoms with E-state index in [4.69, 9.17) is 17.3 Å². The first-order chi connectivity index (χ1) is 8.49. The van der Waals surface area contributed by atoms with Crippen LogP contribution in [0.3, 0.4) is 0 Å². The van der Waals surface area contributed by atoms with Crippen molar-refractivity contribution in [3.8, 4) is 0 Å². The van der Waals surface area contributed by atoms with Crippen molar-refractivity contribution in [2.75, 3.05) is 11.4 Å². The number of aromatic nitrogens is 1. The average Bonchev–Trinajstić information content (AvgIpc) is 2.29. The molecule has 0 radical (unpaired) electrons. The van der Waals surface area contributed by atoms with Crippen LogP contribution in [0.5, 0.6) is 0 Å². The van der Waals surface area contributed by atoms with Crippen molar-refractivity contribution < 1.29 is 4.92 Å². The molecule has 0 spiro atoms. The second kappa shape index (κ2) is 5.07. The van der Waals surface area contributed by atoms with Crippen LogP contribution in [-0.2, 0) is 0 Å². The molecular weight excluding hydrogens is 256 g/mol. The largest absolute Gasteiger partial charge is 0.348 e. The number of nitrogens with two attached hydrogens (primary N) is 1. The lowest BCUT2D eigenvalue weighted by Crippen LogP contribution is -2.46. The first kappa shape index (κ1) is 13.0. The number of hydrogen-bond donors (Lipinski definition) is 1. The van der Waals surface area contributed by atoms with Crippen molar-refractivity contribution in [2.45, 2.75) is 31.8 Å². The summed E-state index contributed by atoms with van der Waals surface area (Å²) in [4.78, 5) is 16.6. The molecule has 2 heterocycles. The van der Waals surface area contributed by atoms with E-state index in [-0.39, 0.29) is 22.8 Å². The minimum atomic E-state index is -0.449. The third-order valence-corrected chi connectivity index (χ3v) is 3.41. The van der Waals surface area contributed by atoms with E-state index < -0.39 is 4.92 Å². The van der Waals surface area contributed by atoms with E-state index in [0.717, 1.165) is 12.8 Å². The Morgan fingerprint density at radius 1 is 1.67 bits per heavy atom. The summed E-state index contributed by atoms with van der Waals surface area (Å²) >= 11 is 5.75. The second-order valence-corrected chi connectivity index (χ2v) is 5.02. The quantitative estimate of drug-likeness (QED) is 0.656. The van der Waals surface area contributed by atoms with Crippen LogP contribution < -0.4 is 10.6 Å². The molecule has 98 valence electrons. The van der Waals surface area contributed by atoms with Gasteiger partial charge in [0.05, 0.1) is 9.95 Å². The number of halogens is 1. The molecule has 1 aromatic heterocycles. The van der Waals surface area contributed by atoms with Gasteiger partial charge in [0.25, 0.3) is 0 Å². The van der Waals surface area contributed by atoms with Crippen molar-refractivity contribution in [1.82, 2.24) is 4.98 Å². The summed E-state index contributed by atoms with van der Waals surface area (Å²) in [6.45, 7) is 2.68. The Labute approximate surface area is 110 Å². The van der Waals surface area contributed by atoms with E-state index in [9.17, 15) is 10.1 Å². The highest BCUT2D eigenvalue weighted by atomic mass is 35.5. The van der Waals surface area contributed by atoms with Gasteiger partial charge in [-0.25, -0.2) is 4.98 Å². The fourth-order valence-electron chi connectivity index (χ4n) is 2.30. The maximum absolute atomic E-state index is 11.0. The van der Waals surface area contributed by atoms with Gasteiger partial charge in [-0.05, 0) is 19.8 Å². The van der Waals surface area contributed by atoms with Gasteiger partial charge in [0.15, 0.2) is 0 Å². The van der Waals surface area contributed by atoms with Gasteiger partial charge in [-0.15, -0.1) is 0 Å². The summed E-state index contributed by atoms with van der Waals surface area (Å²) in [5.41, 5.74) is 5.83. The average molecular weight is 271 g/mol. The Morgan fingerprint density at radius 3 is 3.00 bits per heavy atom. The van der Waals surface area contributed by atoms with E-state index in [0.29, 0.717) is 12.4 Å². The summed E-state index contributed by atoms with van der Waals surface area (Å²) in [6.07, 6.45) is 3.05. The standard InChI is InChI=1S/C11H15ClN4O2/c1-7-4-9(13)2-3-15(7)11-10(16(17)18)5-8(12)6-14-11/h5-7,9H,2-4,13H2,1H3. The zero-order valence-electron chi connectivity index (χ0n) is 10.0. The molecule has 1 aliphatic heterocycles. The van der Waals surface area contributed by atoms with Gasteiger partial charge >= 0.3 is 5.69 Å². The Bertz CT molecular complexity index is 468. The molecule has 2 atom stereocenters. The first-order valence-corrected chi connectivity index (χ1v) is 6.19. The molecule has 1 fully saturated rings. The fourth-order valence-corrected chi connectivity index (χ4v) is 2.45. The highest BCUT2D eigenvalue weighted by Crippen LogP contribution is 2.32. The number of nitro groups is 1. The van der Waals surface area contributed by atoms with E-state index >= 15 is 0 Å². The molecule has 2 unspecified atom stereocenters. The fraction of sp³-hybridized carbons (Fsp3) is 0.545. The molecule has 1 saturated heterocycles. The molecule has 2 N–H and O–H groups in total. The zero-order chi connectivity index (χ0) is 13.3. The highest BCUT2D eigenvalue weighted by molar-refractivity contribution is 6.30. The van der Waals surface area contributed by atoms with Gasteiger partial charge < -0.3 is 10.6 Å². The predicted molar refractivity (Wildman–Crippen MR) is 69.9 cm³/mol. The van der Waals surface area contributed by atoms with Gasteiger partial charge in [-0.2, -0.15) is 0 Å². The molecule has 1 aliphatic rings. The molecule has 7 heteroatoms. The Balaban J connectivity index is 2.35. The number of piperidine rings is 1. The van der Waals surface area contributed by atoms with Gasteiger partial charge in [0, 0.05) is 30.9 Å². The lowest BCUT2D eigenvalue weighted by molar-refractivity contribution is -0.384. The summed E-state index contributed by atoms with van der Waals surface area (Å²) in [5.74, 6) is 0.379. The molecule has 18 heavy (non-hydrogen) atoms. The monoisotopic (exact) mass is 270 g/mol. The second-order valence-electron chi connectivity index (χ2n) is 4.58. The number of anilines is 1. The minimum Gasteiger partial charge on any atom is -0.348 e. The van der Waals surface area contributed by atoms with Crippen LogP contribution in [0.1, 0.15) is 19.8 Å². The van der Waals surface area contributed by atoms with Crippen molar-refractivity contribution in [1.29, 1.82) is 0 Å². The van der Waals surface area contributed by atoms with E-state index in [1.807, 2.05) is 11.8 Å². The molecule has 6 nitrogen and oxygen atoms in total. The molecule has 0 aromatic carbocycles. The normalized spacial score (nSPS) is 24.1. The van der Waals surface area contributed by atoms with Crippen molar-refractivity contribution in [3.05, 3.63) is 27.4 Å². The highest BCUT2D eigenvalue weighted by Gasteiger charge is 2.29. The maximum atomic E-state index is 11.0. The first-order valence-electron chi connectivity index (χ1n) is 5.81. The van der Waals surface area contributed by atoms with Crippen LogP contribution in [-0.4, -0.2) is 28.5 Å². The van der Waals surface area contributed by atoms with Gasteiger partial charge in [-0.3, -0.25) is 10.1 Å². The lowest BCUT2D eigenvalue weighted by Gasteiger charge is -2.36. The maximum Gasteiger partial charge on any atom is 0.313 e. The van der Waals surface area contributed by atoms with Crippen molar-refractivity contribution >= 4 is 23.1 Å². The molecule has 0 saturated carbocycles.